The monoisotopic (exact) mass is 456 g/mol. The lowest BCUT2D eigenvalue weighted by Gasteiger charge is -2.25. The van der Waals surface area contributed by atoms with Crippen LogP contribution in [0.15, 0.2) is 12.5 Å². The molecule has 1 aromatic rings. The number of carbonyl (C=O) groups excluding carboxylic acids is 3. The minimum atomic E-state index is -1.18. The minimum absolute atomic E-state index is 0.0712. The third-order valence-corrected chi connectivity index (χ3v) is 5.04. The molecule has 1 heterocycles. The molecular formula is C19H32N6O5S. The number of hydrogen-bond donors (Lipinski definition) is 7. The number of amides is 3. The van der Waals surface area contributed by atoms with Crippen molar-refractivity contribution in [1.82, 2.24) is 25.9 Å². The first kappa shape index (κ1) is 26.4. The van der Waals surface area contributed by atoms with E-state index in [9.17, 15) is 24.3 Å². The second-order valence-electron chi connectivity index (χ2n) is 7.92. The molecule has 0 aliphatic carbocycles. The van der Waals surface area contributed by atoms with E-state index in [0.717, 1.165) is 0 Å². The number of imidazole rings is 1. The minimum Gasteiger partial charge on any atom is -0.480 e. The van der Waals surface area contributed by atoms with Gasteiger partial charge in [0.1, 0.15) is 18.1 Å². The van der Waals surface area contributed by atoms with E-state index < -0.39 is 47.9 Å². The second kappa shape index (κ2) is 12.3. The Morgan fingerprint density at radius 2 is 1.61 bits per heavy atom. The lowest BCUT2D eigenvalue weighted by molar-refractivity contribution is -0.143. The average Bonchev–Trinajstić information content (AvgIpc) is 3.20. The lowest BCUT2D eigenvalue weighted by Crippen LogP contribution is -2.59. The number of aromatic nitrogens is 2. The summed E-state index contributed by atoms with van der Waals surface area (Å²) in [6, 6.07) is -4.07. The molecule has 0 spiro atoms. The van der Waals surface area contributed by atoms with E-state index in [1.54, 1.807) is 27.7 Å². The van der Waals surface area contributed by atoms with Crippen LogP contribution in [0.2, 0.25) is 0 Å². The summed E-state index contributed by atoms with van der Waals surface area (Å²) in [6.07, 6.45) is 3.04. The molecule has 1 rings (SSSR count). The Morgan fingerprint density at radius 1 is 1.03 bits per heavy atom. The summed E-state index contributed by atoms with van der Waals surface area (Å²) in [5.41, 5.74) is 6.47. The largest absolute Gasteiger partial charge is 0.480 e. The molecule has 0 radical (unpaired) electrons. The van der Waals surface area contributed by atoms with E-state index in [1.807, 2.05) is 0 Å². The number of nitrogens with two attached hydrogens (primary N) is 1. The van der Waals surface area contributed by atoms with Gasteiger partial charge in [-0.1, -0.05) is 27.7 Å². The molecule has 174 valence electrons. The quantitative estimate of drug-likeness (QED) is 0.198. The molecule has 0 aromatic carbocycles. The molecule has 0 saturated carbocycles. The third kappa shape index (κ3) is 8.21. The summed E-state index contributed by atoms with van der Waals surface area (Å²) in [6.45, 7) is 6.87. The lowest BCUT2D eigenvalue weighted by atomic mass is 10.0. The van der Waals surface area contributed by atoms with Crippen molar-refractivity contribution < 1.29 is 24.3 Å². The Hall–Kier alpha value is -2.60. The van der Waals surface area contributed by atoms with Gasteiger partial charge in [0.2, 0.25) is 17.7 Å². The standard InChI is InChI=1S/C19H32N6O5S/c1-9(2)14(20)18(28)23-12(5-11-6-21-8-22-11)16(26)24-13(7-31)17(27)25-15(10(3)4)19(29)30/h6,8-10,12-15,31H,5,7,20H2,1-4H3,(H,21,22)(H,23,28)(H,24,26)(H,25,27)(H,29,30). The van der Waals surface area contributed by atoms with Crippen LogP contribution in [0.4, 0.5) is 0 Å². The molecule has 1 aromatic heterocycles. The second-order valence-corrected chi connectivity index (χ2v) is 8.29. The maximum absolute atomic E-state index is 12.9. The maximum atomic E-state index is 12.9. The molecule has 12 heteroatoms. The van der Waals surface area contributed by atoms with Crippen LogP contribution in [0.3, 0.4) is 0 Å². The van der Waals surface area contributed by atoms with Gasteiger partial charge in [-0.2, -0.15) is 12.6 Å². The van der Waals surface area contributed by atoms with Gasteiger partial charge in [0.15, 0.2) is 0 Å². The van der Waals surface area contributed by atoms with Crippen molar-refractivity contribution in [3.8, 4) is 0 Å². The fourth-order valence-electron chi connectivity index (χ4n) is 2.63. The number of hydrogen-bond acceptors (Lipinski definition) is 7. The van der Waals surface area contributed by atoms with E-state index in [0.29, 0.717) is 5.69 Å². The zero-order valence-electron chi connectivity index (χ0n) is 18.1. The number of carboxylic acids is 1. The van der Waals surface area contributed by atoms with Crippen molar-refractivity contribution in [2.24, 2.45) is 17.6 Å². The topological polar surface area (TPSA) is 179 Å². The molecule has 0 saturated heterocycles. The van der Waals surface area contributed by atoms with Crippen LogP contribution in [0.25, 0.3) is 0 Å². The summed E-state index contributed by atoms with van der Waals surface area (Å²) in [5.74, 6) is -3.58. The number of aromatic amines is 1. The predicted molar refractivity (Wildman–Crippen MR) is 117 cm³/mol. The fourth-order valence-corrected chi connectivity index (χ4v) is 2.89. The average molecular weight is 457 g/mol. The summed E-state index contributed by atoms with van der Waals surface area (Å²) in [4.78, 5) is 55.9. The van der Waals surface area contributed by atoms with Crippen molar-refractivity contribution in [2.75, 3.05) is 5.75 Å². The Bertz CT molecular complexity index is 755. The van der Waals surface area contributed by atoms with E-state index in [4.69, 9.17) is 5.73 Å². The van der Waals surface area contributed by atoms with Gasteiger partial charge in [0.25, 0.3) is 0 Å². The number of carbonyl (C=O) groups is 4. The zero-order valence-corrected chi connectivity index (χ0v) is 19.0. The van der Waals surface area contributed by atoms with Gasteiger partial charge in [-0.25, -0.2) is 9.78 Å². The normalized spacial score (nSPS) is 15.1. The molecule has 0 fully saturated rings. The first-order valence-corrected chi connectivity index (χ1v) is 10.6. The highest BCUT2D eigenvalue weighted by molar-refractivity contribution is 7.80. The molecule has 0 aliphatic rings. The Kier molecular flexibility index (Phi) is 10.5. The number of rotatable bonds is 12. The molecule has 4 atom stereocenters. The molecule has 7 N–H and O–H groups in total. The van der Waals surface area contributed by atoms with Gasteiger partial charge < -0.3 is 31.8 Å². The van der Waals surface area contributed by atoms with Crippen LogP contribution in [-0.2, 0) is 25.6 Å². The summed E-state index contributed by atoms with van der Waals surface area (Å²) in [5, 5.41) is 16.8. The van der Waals surface area contributed by atoms with Crippen LogP contribution in [0.5, 0.6) is 0 Å². The van der Waals surface area contributed by atoms with Gasteiger partial charge in [0, 0.05) is 24.1 Å². The Morgan fingerprint density at radius 3 is 2.06 bits per heavy atom. The van der Waals surface area contributed by atoms with E-state index in [2.05, 4.69) is 38.5 Å². The molecular weight excluding hydrogens is 424 g/mol. The van der Waals surface area contributed by atoms with Crippen molar-refractivity contribution in [1.29, 1.82) is 0 Å². The first-order chi connectivity index (χ1) is 14.5. The number of carboxylic acid groups (broad SMARTS) is 1. The van der Waals surface area contributed by atoms with Crippen molar-refractivity contribution in [3.05, 3.63) is 18.2 Å². The summed E-state index contributed by atoms with van der Waals surface area (Å²) >= 11 is 4.10. The predicted octanol–water partition coefficient (Wildman–Crippen LogP) is -0.940. The third-order valence-electron chi connectivity index (χ3n) is 4.68. The van der Waals surface area contributed by atoms with E-state index >= 15 is 0 Å². The molecule has 0 aliphatic heterocycles. The first-order valence-electron chi connectivity index (χ1n) is 9.95. The van der Waals surface area contributed by atoms with Crippen LogP contribution in [0, 0.1) is 11.8 Å². The van der Waals surface area contributed by atoms with Crippen LogP contribution in [0.1, 0.15) is 33.4 Å². The summed E-state index contributed by atoms with van der Waals surface area (Å²) < 4.78 is 0. The number of aliphatic carboxylic acids is 1. The highest BCUT2D eigenvalue weighted by atomic mass is 32.1. The zero-order chi connectivity index (χ0) is 23.7. The van der Waals surface area contributed by atoms with Crippen molar-refractivity contribution in [3.63, 3.8) is 0 Å². The van der Waals surface area contributed by atoms with E-state index in [1.165, 1.54) is 12.5 Å². The highest BCUT2D eigenvalue weighted by Crippen LogP contribution is 2.05. The molecule has 11 nitrogen and oxygen atoms in total. The van der Waals surface area contributed by atoms with Crippen LogP contribution < -0.4 is 21.7 Å². The Labute approximate surface area is 186 Å². The van der Waals surface area contributed by atoms with Gasteiger partial charge in [-0.05, 0) is 11.8 Å². The van der Waals surface area contributed by atoms with E-state index in [-0.39, 0.29) is 24.0 Å². The van der Waals surface area contributed by atoms with Gasteiger partial charge >= 0.3 is 5.97 Å². The maximum Gasteiger partial charge on any atom is 0.326 e. The number of nitrogens with one attached hydrogen (secondary N) is 4. The number of nitrogens with zero attached hydrogens (tertiary/aromatic N) is 1. The molecule has 4 unspecified atom stereocenters. The number of thiol groups is 1. The molecule has 3 amide bonds. The Balaban J connectivity index is 2.94. The van der Waals surface area contributed by atoms with Crippen LogP contribution in [-0.4, -0.2) is 68.7 Å². The van der Waals surface area contributed by atoms with Gasteiger partial charge in [0.05, 0.1) is 12.4 Å². The van der Waals surface area contributed by atoms with Crippen molar-refractivity contribution in [2.45, 2.75) is 58.3 Å². The summed E-state index contributed by atoms with van der Waals surface area (Å²) in [7, 11) is 0. The van der Waals surface area contributed by atoms with Crippen molar-refractivity contribution >= 4 is 36.3 Å². The fraction of sp³-hybridized carbons (Fsp3) is 0.632. The van der Waals surface area contributed by atoms with Crippen LogP contribution >= 0.6 is 12.6 Å². The smallest absolute Gasteiger partial charge is 0.326 e. The SMILES string of the molecule is CC(C)C(N)C(=O)NC(Cc1cnc[nH]1)C(=O)NC(CS)C(=O)NC(C(=O)O)C(C)C. The van der Waals surface area contributed by atoms with Gasteiger partial charge in [-0.15, -0.1) is 0 Å². The van der Waals surface area contributed by atoms with Gasteiger partial charge in [-0.3, -0.25) is 14.4 Å². The number of H-pyrrole nitrogens is 1. The molecule has 31 heavy (non-hydrogen) atoms. The highest BCUT2D eigenvalue weighted by Gasteiger charge is 2.31. The molecule has 0 bridgehead atoms.